The number of nitrogens with zero attached hydrogens (tertiary/aromatic N) is 4. The van der Waals surface area contributed by atoms with E-state index in [1.54, 1.807) is 37.4 Å². The molecule has 4 aromatic rings. The van der Waals surface area contributed by atoms with E-state index in [0.717, 1.165) is 5.52 Å². The van der Waals surface area contributed by atoms with E-state index in [-0.39, 0.29) is 25.4 Å². The van der Waals surface area contributed by atoms with E-state index in [0.29, 0.717) is 33.4 Å². The Labute approximate surface area is 223 Å². The Balaban J connectivity index is 1.21. The number of nitriles is 1. The molecule has 2 bridgehead atoms. The lowest BCUT2D eigenvalue weighted by molar-refractivity contribution is -0.134. The summed E-state index contributed by atoms with van der Waals surface area (Å²) >= 11 is 0. The van der Waals surface area contributed by atoms with Crippen LogP contribution in [0.15, 0.2) is 66.9 Å². The number of fused-ring (bicyclic) bond motifs is 7. The fourth-order valence-corrected chi connectivity index (χ4v) is 6.78. The maximum absolute atomic E-state index is 14.0. The Morgan fingerprint density at radius 3 is 2.56 bits per heavy atom. The zero-order valence-electron chi connectivity index (χ0n) is 21.1. The number of imide groups is 1. The largest absolute Gasteiger partial charge is 0.476 e. The molecule has 5 unspecified atom stereocenters. The number of aliphatic hydroxyl groups is 1. The summed E-state index contributed by atoms with van der Waals surface area (Å²) in [5, 5.41) is 21.9. The summed E-state index contributed by atoms with van der Waals surface area (Å²) in [6, 6.07) is 20.1. The van der Waals surface area contributed by atoms with Gasteiger partial charge in [0.2, 0.25) is 17.7 Å². The van der Waals surface area contributed by atoms with Crippen LogP contribution in [0.4, 0.5) is 5.69 Å². The molecule has 0 spiro atoms. The van der Waals surface area contributed by atoms with Gasteiger partial charge in [-0.2, -0.15) is 5.26 Å². The minimum atomic E-state index is -1.20. The van der Waals surface area contributed by atoms with E-state index in [4.69, 9.17) is 9.47 Å². The number of rotatable bonds is 5. The van der Waals surface area contributed by atoms with Crippen molar-refractivity contribution in [2.75, 3.05) is 11.5 Å². The van der Waals surface area contributed by atoms with Gasteiger partial charge in [0, 0.05) is 23.6 Å². The highest BCUT2D eigenvalue weighted by Crippen LogP contribution is 2.62. The summed E-state index contributed by atoms with van der Waals surface area (Å²) in [5.41, 5.74) is 0.0976. The van der Waals surface area contributed by atoms with E-state index >= 15 is 0 Å². The molecule has 5 atom stereocenters. The van der Waals surface area contributed by atoms with Gasteiger partial charge in [0.15, 0.2) is 0 Å². The number of ether oxygens (including phenoxy) is 2. The van der Waals surface area contributed by atoms with Gasteiger partial charge < -0.3 is 14.6 Å². The van der Waals surface area contributed by atoms with Crippen LogP contribution in [0.3, 0.4) is 0 Å². The molecule has 3 aromatic carbocycles. The number of hydrogen-bond donors (Lipinski definition) is 1. The number of anilines is 1. The molecule has 9 nitrogen and oxygen atoms in total. The molecule has 2 amide bonds. The Morgan fingerprint density at radius 2 is 1.77 bits per heavy atom. The minimum absolute atomic E-state index is 0.167. The molecule has 3 saturated heterocycles. The lowest BCUT2D eigenvalue weighted by atomic mass is 9.66. The molecular formula is C30H24N4O5. The molecule has 1 N–H and O–H groups in total. The molecule has 0 radical (unpaired) electrons. The van der Waals surface area contributed by atoms with Crippen LogP contribution in [0.1, 0.15) is 25.3 Å². The van der Waals surface area contributed by atoms with Gasteiger partial charge in [-0.25, -0.2) is 14.9 Å². The Morgan fingerprint density at radius 1 is 1.05 bits per heavy atom. The first kappa shape index (κ1) is 23.7. The summed E-state index contributed by atoms with van der Waals surface area (Å²) < 4.78 is 12.3. The average Bonchev–Trinajstić information content (AvgIpc) is 3.48. The van der Waals surface area contributed by atoms with Crippen LogP contribution in [0.5, 0.6) is 5.88 Å². The molecule has 0 aliphatic carbocycles. The number of para-hydroxylation sites is 2. The van der Waals surface area contributed by atoms with E-state index in [2.05, 4.69) is 16.0 Å². The minimum Gasteiger partial charge on any atom is -0.476 e. The van der Waals surface area contributed by atoms with Crippen molar-refractivity contribution < 1.29 is 24.2 Å². The second-order valence-electron chi connectivity index (χ2n) is 10.6. The van der Waals surface area contributed by atoms with Crippen LogP contribution < -0.4 is 9.64 Å². The molecule has 4 heterocycles. The maximum Gasteiger partial charge on any atom is 0.240 e. The van der Waals surface area contributed by atoms with Crippen LogP contribution in [-0.4, -0.2) is 50.8 Å². The summed E-state index contributed by atoms with van der Waals surface area (Å²) in [6.07, 6.45) is 1.15. The number of hydrogen-bond acceptors (Lipinski definition) is 8. The van der Waals surface area contributed by atoms with Crippen molar-refractivity contribution in [3.8, 4) is 11.9 Å². The van der Waals surface area contributed by atoms with Crippen molar-refractivity contribution in [3.63, 3.8) is 0 Å². The first-order valence-electron chi connectivity index (χ1n) is 12.9. The Bertz CT molecular complexity index is 1730. The SMILES string of the molecule is CC12OC(CCOc3cnc4ccccc4n3)(CC1O)C1C(=O)N(c3ccc(C#N)c4ccccc34)C(=O)C12. The van der Waals surface area contributed by atoms with Gasteiger partial charge in [0.05, 0.1) is 64.7 Å². The van der Waals surface area contributed by atoms with Gasteiger partial charge in [-0.05, 0) is 31.2 Å². The monoisotopic (exact) mass is 520 g/mol. The van der Waals surface area contributed by atoms with Crippen molar-refractivity contribution in [2.24, 2.45) is 11.8 Å². The van der Waals surface area contributed by atoms with Gasteiger partial charge in [0.25, 0.3) is 0 Å². The van der Waals surface area contributed by atoms with Gasteiger partial charge in [-0.15, -0.1) is 0 Å². The zero-order chi connectivity index (χ0) is 26.9. The molecule has 39 heavy (non-hydrogen) atoms. The van der Waals surface area contributed by atoms with Gasteiger partial charge in [-0.3, -0.25) is 9.59 Å². The number of aromatic nitrogens is 2. The number of carbonyl (C=O) groups is 2. The smallest absolute Gasteiger partial charge is 0.240 e. The van der Waals surface area contributed by atoms with Crippen LogP contribution in [-0.2, 0) is 14.3 Å². The van der Waals surface area contributed by atoms with Crippen molar-refractivity contribution >= 4 is 39.3 Å². The molecule has 0 saturated carbocycles. The van der Waals surface area contributed by atoms with E-state index in [1.165, 1.54) is 4.90 Å². The van der Waals surface area contributed by atoms with Gasteiger partial charge in [-0.1, -0.05) is 36.4 Å². The molecule has 3 aliphatic rings. The number of benzene rings is 3. The quantitative estimate of drug-likeness (QED) is 0.396. The van der Waals surface area contributed by atoms with Crippen LogP contribution in [0.2, 0.25) is 0 Å². The Kier molecular flexibility index (Phi) is 5.05. The van der Waals surface area contributed by atoms with Crippen LogP contribution in [0, 0.1) is 23.2 Å². The predicted molar refractivity (Wildman–Crippen MR) is 141 cm³/mol. The zero-order valence-corrected chi connectivity index (χ0v) is 21.1. The first-order valence-corrected chi connectivity index (χ1v) is 12.9. The highest BCUT2D eigenvalue weighted by atomic mass is 16.6. The summed E-state index contributed by atoms with van der Waals surface area (Å²) in [6.45, 7) is 1.88. The third-order valence-electron chi connectivity index (χ3n) is 8.58. The second kappa shape index (κ2) is 8.30. The fraction of sp³-hybridized carbons (Fsp3) is 0.300. The third-order valence-corrected chi connectivity index (χ3v) is 8.58. The summed E-state index contributed by atoms with van der Waals surface area (Å²) in [5.74, 6) is -2.01. The number of carbonyl (C=O) groups excluding carboxylic acids is 2. The van der Waals surface area contributed by atoms with Gasteiger partial charge >= 0.3 is 0 Å². The molecule has 3 fully saturated rings. The van der Waals surface area contributed by atoms with E-state index in [1.807, 2.05) is 36.4 Å². The molecule has 3 aliphatic heterocycles. The average molecular weight is 521 g/mol. The van der Waals surface area contributed by atoms with Crippen molar-refractivity contribution in [1.82, 2.24) is 9.97 Å². The molecular weight excluding hydrogens is 496 g/mol. The van der Waals surface area contributed by atoms with Crippen molar-refractivity contribution in [1.29, 1.82) is 5.26 Å². The lowest BCUT2D eigenvalue weighted by Gasteiger charge is -2.33. The second-order valence-corrected chi connectivity index (χ2v) is 10.6. The normalized spacial score (nSPS) is 29.3. The highest BCUT2D eigenvalue weighted by molar-refractivity contribution is 6.26. The number of amides is 2. The summed E-state index contributed by atoms with van der Waals surface area (Å²) in [4.78, 5) is 38.0. The van der Waals surface area contributed by atoms with Crippen molar-refractivity contribution in [3.05, 3.63) is 72.4 Å². The summed E-state index contributed by atoms with van der Waals surface area (Å²) in [7, 11) is 0. The predicted octanol–water partition coefficient (Wildman–Crippen LogP) is 3.52. The topological polar surface area (TPSA) is 126 Å². The van der Waals surface area contributed by atoms with Crippen LogP contribution >= 0.6 is 0 Å². The molecule has 1 aromatic heterocycles. The highest BCUT2D eigenvalue weighted by Gasteiger charge is 2.77. The fourth-order valence-electron chi connectivity index (χ4n) is 6.78. The molecule has 7 rings (SSSR count). The van der Waals surface area contributed by atoms with Crippen LogP contribution in [0.25, 0.3) is 21.8 Å². The standard InChI is InChI=1S/C30H24N4O5/c1-29-23(35)14-30(39-29,12-13-38-24-16-32-20-8-4-5-9-21(20)33-24)26-25(29)27(36)34(28(26)37)22-11-10-17(15-31)18-6-2-3-7-19(18)22/h2-11,16,23,25-26,35H,12-14H2,1H3. The van der Waals surface area contributed by atoms with E-state index in [9.17, 15) is 20.0 Å². The third kappa shape index (κ3) is 3.25. The lowest BCUT2D eigenvalue weighted by Crippen LogP contribution is -2.49. The Hall–Kier alpha value is -4.39. The molecule has 9 heteroatoms. The number of aliphatic hydroxyl groups excluding tert-OH is 1. The molecule has 194 valence electrons. The van der Waals surface area contributed by atoms with E-state index < -0.39 is 35.0 Å². The van der Waals surface area contributed by atoms with Crippen molar-refractivity contribution in [2.45, 2.75) is 37.1 Å². The maximum atomic E-state index is 14.0. The first-order chi connectivity index (χ1) is 18.9. The van der Waals surface area contributed by atoms with Gasteiger partial charge in [0.1, 0.15) is 5.60 Å².